The molecule has 0 radical (unpaired) electrons. The van der Waals surface area contributed by atoms with E-state index in [0.29, 0.717) is 5.88 Å². The van der Waals surface area contributed by atoms with E-state index < -0.39 is 13.7 Å². The van der Waals surface area contributed by atoms with Crippen LogP contribution in [0.15, 0.2) is 0 Å². The molecule has 0 saturated carbocycles. The SMILES string of the molecule is CC[Si](C)(C)CC(C)(O)CCl. The van der Waals surface area contributed by atoms with Crippen molar-refractivity contribution in [1.29, 1.82) is 0 Å². The van der Waals surface area contributed by atoms with E-state index in [2.05, 4.69) is 20.0 Å². The largest absolute Gasteiger partial charge is 0.389 e. The summed E-state index contributed by atoms with van der Waals surface area (Å²) in [6.45, 7) is 8.59. The molecule has 0 spiro atoms. The molecular weight excluding hydrogens is 176 g/mol. The van der Waals surface area contributed by atoms with Crippen LogP contribution in [0.2, 0.25) is 25.2 Å². The van der Waals surface area contributed by atoms with Gasteiger partial charge in [-0.1, -0.05) is 26.1 Å². The van der Waals surface area contributed by atoms with Gasteiger partial charge in [0.2, 0.25) is 0 Å². The van der Waals surface area contributed by atoms with Gasteiger partial charge in [-0.3, -0.25) is 0 Å². The molecule has 68 valence electrons. The Bertz CT molecular complexity index is 109. The van der Waals surface area contributed by atoms with Crippen molar-refractivity contribution in [2.45, 2.75) is 44.6 Å². The van der Waals surface area contributed by atoms with Gasteiger partial charge in [0.15, 0.2) is 0 Å². The Morgan fingerprint density at radius 2 is 1.91 bits per heavy atom. The molecule has 0 aromatic rings. The summed E-state index contributed by atoms with van der Waals surface area (Å²) in [4.78, 5) is 0. The zero-order valence-corrected chi connectivity index (χ0v) is 9.70. The number of alkyl halides is 1. The van der Waals surface area contributed by atoms with Crippen LogP contribution in [0.25, 0.3) is 0 Å². The molecule has 1 nitrogen and oxygen atoms in total. The number of aliphatic hydroxyl groups is 1. The maximum Gasteiger partial charge on any atom is 0.0731 e. The van der Waals surface area contributed by atoms with Crippen LogP contribution in [0.1, 0.15) is 13.8 Å². The number of halogens is 1. The summed E-state index contributed by atoms with van der Waals surface area (Å²) in [5.74, 6) is 0.351. The molecule has 0 aromatic heterocycles. The second kappa shape index (κ2) is 3.92. The summed E-state index contributed by atoms with van der Waals surface area (Å²) in [6, 6.07) is 2.11. The van der Waals surface area contributed by atoms with E-state index in [1.54, 1.807) is 0 Å². The van der Waals surface area contributed by atoms with Gasteiger partial charge in [-0.15, -0.1) is 11.6 Å². The molecule has 1 atom stereocenters. The average Bonchev–Trinajstić information content (AvgIpc) is 1.86. The first-order chi connectivity index (χ1) is 4.83. The third-order valence-corrected chi connectivity index (χ3v) is 6.31. The Morgan fingerprint density at radius 1 is 1.45 bits per heavy atom. The van der Waals surface area contributed by atoms with Crippen LogP contribution in [0.5, 0.6) is 0 Å². The molecule has 0 bridgehead atoms. The van der Waals surface area contributed by atoms with Crippen molar-refractivity contribution in [3.63, 3.8) is 0 Å². The highest BCUT2D eigenvalue weighted by Gasteiger charge is 2.29. The standard InChI is InChI=1S/C8H19ClOSi/c1-5-11(3,4)7-8(2,10)6-9/h10H,5-7H2,1-4H3. The lowest BCUT2D eigenvalue weighted by atomic mass is 10.2. The molecule has 3 heteroatoms. The van der Waals surface area contributed by atoms with Gasteiger partial charge in [0, 0.05) is 0 Å². The van der Waals surface area contributed by atoms with Crippen LogP contribution in [0.4, 0.5) is 0 Å². The van der Waals surface area contributed by atoms with Crippen molar-refractivity contribution in [3.8, 4) is 0 Å². The summed E-state index contributed by atoms with van der Waals surface area (Å²) >= 11 is 5.63. The third kappa shape index (κ3) is 4.83. The smallest absolute Gasteiger partial charge is 0.0731 e. The van der Waals surface area contributed by atoms with E-state index in [0.717, 1.165) is 6.04 Å². The fraction of sp³-hybridized carbons (Fsp3) is 1.00. The molecule has 0 fully saturated rings. The van der Waals surface area contributed by atoms with Crippen LogP contribution >= 0.6 is 11.6 Å². The third-order valence-electron chi connectivity index (χ3n) is 2.10. The highest BCUT2D eigenvalue weighted by molar-refractivity contribution is 6.77. The summed E-state index contributed by atoms with van der Waals surface area (Å²) in [5, 5.41) is 9.69. The highest BCUT2D eigenvalue weighted by atomic mass is 35.5. The first-order valence-electron chi connectivity index (χ1n) is 4.11. The van der Waals surface area contributed by atoms with Gasteiger partial charge in [-0.25, -0.2) is 0 Å². The summed E-state index contributed by atoms with van der Waals surface area (Å²) in [6.07, 6.45) is 0. The van der Waals surface area contributed by atoms with E-state index in [1.807, 2.05) is 6.92 Å². The van der Waals surface area contributed by atoms with E-state index >= 15 is 0 Å². The van der Waals surface area contributed by atoms with Crippen LogP contribution in [-0.2, 0) is 0 Å². The van der Waals surface area contributed by atoms with Crippen LogP contribution < -0.4 is 0 Å². The first-order valence-corrected chi connectivity index (χ1v) is 8.06. The van der Waals surface area contributed by atoms with Gasteiger partial charge in [0.25, 0.3) is 0 Å². The molecule has 0 heterocycles. The van der Waals surface area contributed by atoms with Crippen LogP contribution in [-0.4, -0.2) is 24.7 Å². The minimum Gasteiger partial charge on any atom is -0.389 e. The summed E-state index contributed by atoms with van der Waals surface area (Å²) in [5.41, 5.74) is -0.646. The fourth-order valence-electron chi connectivity index (χ4n) is 1.20. The zero-order chi connectivity index (χ0) is 9.12. The molecule has 0 rings (SSSR count). The lowest BCUT2D eigenvalue weighted by molar-refractivity contribution is 0.103. The maximum atomic E-state index is 9.69. The molecule has 11 heavy (non-hydrogen) atoms. The Kier molecular flexibility index (Phi) is 4.09. The van der Waals surface area contributed by atoms with Gasteiger partial charge >= 0.3 is 0 Å². The van der Waals surface area contributed by atoms with Gasteiger partial charge in [0.05, 0.1) is 19.6 Å². The van der Waals surface area contributed by atoms with Gasteiger partial charge in [-0.05, 0) is 13.0 Å². The van der Waals surface area contributed by atoms with E-state index in [1.165, 1.54) is 6.04 Å². The predicted molar refractivity (Wildman–Crippen MR) is 54.1 cm³/mol. The molecule has 0 aromatic carbocycles. The number of hydrogen-bond acceptors (Lipinski definition) is 1. The zero-order valence-electron chi connectivity index (χ0n) is 7.95. The van der Waals surface area contributed by atoms with E-state index in [9.17, 15) is 5.11 Å². The van der Waals surface area contributed by atoms with Crippen molar-refractivity contribution >= 4 is 19.7 Å². The molecular formula is C8H19ClOSi. The Balaban J connectivity index is 4.02. The lowest BCUT2D eigenvalue weighted by Gasteiger charge is -2.30. The first kappa shape index (κ1) is 11.5. The second-order valence-corrected chi connectivity index (χ2v) is 9.98. The molecule has 1 N–H and O–H groups in total. The topological polar surface area (TPSA) is 20.2 Å². The molecule has 0 saturated heterocycles. The van der Waals surface area contributed by atoms with Crippen molar-refractivity contribution in [2.75, 3.05) is 5.88 Å². The van der Waals surface area contributed by atoms with Crippen LogP contribution in [0, 0.1) is 0 Å². The van der Waals surface area contributed by atoms with Crippen LogP contribution in [0.3, 0.4) is 0 Å². The lowest BCUT2D eigenvalue weighted by Crippen LogP contribution is -2.38. The Labute approximate surface area is 75.8 Å². The Hall–Kier alpha value is 0.467. The molecule has 0 aliphatic heterocycles. The molecule has 1 unspecified atom stereocenters. The van der Waals surface area contributed by atoms with Gasteiger partial charge < -0.3 is 5.11 Å². The molecule has 0 aliphatic rings. The Morgan fingerprint density at radius 3 is 2.18 bits per heavy atom. The predicted octanol–water partition coefficient (Wildman–Crippen LogP) is 2.70. The summed E-state index contributed by atoms with van der Waals surface area (Å²) < 4.78 is 0. The minimum absolute atomic E-state index is 0.351. The molecule has 0 aliphatic carbocycles. The van der Waals surface area contributed by atoms with E-state index in [4.69, 9.17) is 11.6 Å². The number of rotatable bonds is 4. The molecule has 0 amide bonds. The second-order valence-electron chi connectivity index (χ2n) is 4.33. The summed E-state index contributed by atoms with van der Waals surface area (Å²) in [7, 11) is -1.17. The van der Waals surface area contributed by atoms with E-state index in [-0.39, 0.29) is 0 Å². The highest BCUT2D eigenvalue weighted by Crippen LogP contribution is 2.24. The average molecular weight is 195 g/mol. The fourth-order valence-corrected chi connectivity index (χ4v) is 3.89. The monoisotopic (exact) mass is 194 g/mol. The normalized spacial score (nSPS) is 18.0. The van der Waals surface area contributed by atoms with Gasteiger partial charge in [-0.2, -0.15) is 0 Å². The van der Waals surface area contributed by atoms with Crippen molar-refractivity contribution in [2.24, 2.45) is 0 Å². The van der Waals surface area contributed by atoms with Crippen molar-refractivity contribution in [1.82, 2.24) is 0 Å². The quantitative estimate of drug-likeness (QED) is 0.539. The number of hydrogen-bond donors (Lipinski definition) is 1. The minimum atomic E-state index is -1.17. The maximum absolute atomic E-state index is 9.69. The van der Waals surface area contributed by atoms with Crippen molar-refractivity contribution in [3.05, 3.63) is 0 Å². The van der Waals surface area contributed by atoms with Gasteiger partial charge in [0.1, 0.15) is 0 Å². The van der Waals surface area contributed by atoms with Crippen molar-refractivity contribution < 1.29 is 5.11 Å².